The van der Waals surface area contributed by atoms with E-state index in [1.54, 1.807) is 25.1 Å². The molecular weight excluding hydrogens is 322 g/mol. The number of rotatable bonds is 6. The summed E-state index contributed by atoms with van der Waals surface area (Å²) >= 11 is 0. The van der Waals surface area contributed by atoms with E-state index in [-0.39, 0.29) is 17.6 Å². The van der Waals surface area contributed by atoms with Crippen molar-refractivity contribution in [2.45, 2.75) is 58.1 Å². The number of allylic oxidation sites excluding steroid dienone is 1. The molecule has 0 spiro atoms. The maximum Gasteiger partial charge on any atom is 0.466 e. The van der Waals surface area contributed by atoms with Crippen molar-refractivity contribution in [1.82, 2.24) is 0 Å². The van der Waals surface area contributed by atoms with E-state index in [2.05, 4.69) is 0 Å². The fraction of sp³-hybridized carbons (Fsp3) is 0.526. The molecule has 4 nitrogen and oxygen atoms in total. The average molecular weight is 348 g/mol. The Morgan fingerprint density at radius 1 is 1.20 bits per heavy atom. The molecule has 1 aliphatic rings. The summed E-state index contributed by atoms with van der Waals surface area (Å²) in [6.07, 6.45) is 3.67. The molecule has 136 valence electrons. The van der Waals surface area contributed by atoms with E-state index < -0.39 is 18.3 Å². The summed E-state index contributed by atoms with van der Waals surface area (Å²) in [5, 5.41) is 0. The van der Waals surface area contributed by atoms with Crippen molar-refractivity contribution in [2.24, 2.45) is 0 Å². The molecule has 1 saturated heterocycles. The molecule has 0 N–H and O–H groups in total. The molecule has 6 heteroatoms. The third kappa shape index (κ3) is 4.70. The van der Waals surface area contributed by atoms with E-state index >= 15 is 0 Å². The van der Waals surface area contributed by atoms with Crippen molar-refractivity contribution >= 4 is 13.1 Å². The Morgan fingerprint density at radius 3 is 2.28 bits per heavy atom. The minimum absolute atomic E-state index is 0.160. The first-order chi connectivity index (χ1) is 11.7. The lowest BCUT2D eigenvalue weighted by Gasteiger charge is -2.32. The quantitative estimate of drug-likeness (QED) is 0.442. The molecule has 1 aromatic rings. The van der Waals surface area contributed by atoms with Gasteiger partial charge in [-0.05, 0) is 58.7 Å². The summed E-state index contributed by atoms with van der Waals surface area (Å²) < 4.78 is 30.5. The van der Waals surface area contributed by atoms with Gasteiger partial charge >= 0.3 is 13.1 Å². The van der Waals surface area contributed by atoms with Gasteiger partial charge in [0.15, 0.2) is 0 Å². The number of hydrogen-bond donors (Lipinski definition) is 0. The molecule has 0 aliphatic carbocycles. The molecule has 25 heavy (non-hydrogen) atoms. The SMILES string of the molecule is CCOC(=O)/C=C/C[C@H](B1OC(C)(C)C(C)(C)O1)c1ccc(F)cc1. The summed E-state index contributed by atoms with van der Waals surface area (Å²) in [7, 11) is -0.484. The molecule has 0 amide bonds. The fourth-order valence-electron chi connectivity index (χ4n) is 2.67. The van der Waals surface area contributed by atoms with E-state index in [0.29, 0.717) is 13.0 Å². The van der Waals surface area contributed by atoms with E-state index in [1.807, 2.05) is 27.7 Å². The Kier molecular flexibility index (Phi) is 6.06. The van der Waals surface area contributed by atoms with Gasteiger partial charge in [0.2, 0.25) is 0 Å². The number of benzene rings is 1. The molecule has 1 atom stereocenters. The zero-order valence-corrected chi connectivity index (χ0v) is 15.5. The summed E-state index contributed by atoms with van der Waals surface area (Å²) in [5.41, 5.74) is -0.0184. The highest BCUT2D eigenvalue weighted by atomic mass is 19.1. The lowest BCUT2D eigenvalue weighted by molar-refractivity contribution is -0.137. The second-order valence-electron chi connectivity index (χ2n) is 7.17. The molecule has 0 saturated carbocycles. The standard InChI is InChI=1S/C19H26BFO4/c1-6-23-17(22)9-7-8-16(14-10-12-15(21)13-11-14)20-24-18(2,3)19(4,5)25-20/h7,9-13,16H,6,8H2,1-5H3/b9-7+/t16-/m0/s1. The zero-order chi connectivity index (χ0) is 18.7. The van der Waals surface area contributed by atoms with Crippen LogP contribution >= 0.6 is 0 Å². The van der Waals surface area contributed by atoms with Crippen LogP contribution in [0.25, 0.3) is 0 Å². The number of hydrogen-bond acceptors (Lipinski definition) is 4. The first-order valence-corrected chi connectivity index (χ1v) is 8.60. The number of esters is 1. The Labute approximate surface area is 149 Å². The number of carbonyl (C=O) groups is 1. The molecule has 1 aliphatic heterocycles. The lowest BCUT2D eigenvalue weighted by Crippen LogP contribution is -2.41. The molecule has 1 heterocycles. The van der Waals surface area contributed by atoms with Gasteiger partial charge in [-0.25, -0.2) is 9.18 Å². The van der Waals surface area contributed by atoms with Crippen LogP contribution in [-0.4, -0.2) is 30.9 Å². The Hall–Kier alpha value is -1.66. The van der Waals surface area contributed by atoms with Gasteiger partial charge < -0.3 is 14.0 Å². The predicted octanol–water partition coefficient (Wildman–Crippen LogP) is 4.05. The van der Waals surface area contributed by atoms with E-state index in [9.17, 15) is 9.18 Å². The van der Waals surface area contributed by atoms with Gasteiger partial charge in [0.25, 0.3) is 0 Å². The van der Waals surface area contributed by atoms with Crippen LogP contribution < -0.4 is 0 Å². The zero-order valence-electron chi connectivity index (χ0n) is 15.5. The van der Waals surface area contributed by atoms with Crippen LogP contribution in [0.5, 0.6) is 0 Å². The van der Waals surface area contributed by atoms with Crippen molar-refractivity contribution < 1.29 is 23.2 Å². The minimum atomic E-state index is -0.484. The molecule has 0 unspecified atom stereocenters. The van der Waals surface area contributed by atoms with Crippen LogP contribution in [0.3, 0.4) is 0 Å². The Morgan fingerprint density at radius 2 is 1.76 bits per heavy atom. The van der Waals surface area contributed by atoms with Crippen LogP contribution in [0.4, 0.5) is 4.39 Å². The van der Waals surface area contributed by atoms with Gasteiger partial charge in [-0.15, -0.1) is 0 Å². The smallest absolute Gasteiger partial charge is 0.463 e. The van der Waals surface area contributed by atoms with E-state index in [0.717, 1.165) is 5.56 Å². The number of halogens is 1. The van der Waals surface area contributed by atoms with Crippen molar-refractivity contribution in [3.05, 3.63) is 47.8 Å². The maximum absolute atomic E-state index is 13.3. The molecule has 0 radical (unpaired) electrons. The molecular formula is C19H26BFO4. The van der Waals surface area contributed by atoms with Gasteiger partial charge in [0.1, 0.15) is 5.82 Å². The minimum Gasteiger partial charge on any atom is -0.463 e. The van der Waals surface area contributed by atoms with Crippen molar-refractivity contribution in [3.63, 3.8) is 0 Å². The highest BCUT2D eigenvalue weighted by Crippen LogP contribution is 2.41. The highest BCUT2D eigenvalue weighted by Gasteiger charge is 2.53. The van der Waals surface area contributed by atoms with Gasteiger partial charge in [-0.1, -0.05) is 18.2 Å². The van der Waals surface area contributed by atoms with Gasteiger partial charge in [0, 0.05) is 11.9 Å². The highest BCUT2D eigenvalue weighted by molar-refractivity contribution is 6.47. The third-order valence-electron chi connectivity index (χ3n) is 4.83. The third-order valence-corrected chi connectivity index (χ3v) is 4.83. The molecule has 0 aromatic heterocycles. The summed E-state index contributed by atoms with van der Waals surface area (Å²) in [6, 6.07) is 6.29. The van der Waals surface area contributed by atoms with Crippen molar-refractivity contribution in [3.8, 4) is 0 Å². The van der Waals surface area contributed by atoms with Crippen LogP contribution in [0, 0.1) is 5.82 Å². The molecule has 0 bridgehead atoms. The fourth-order valence-corrected chi connectivity index (χ4v) is 2.67. The van der Waals surface area contributed by atoms with Crippen molar-refractivity contribution in [1.29, 1.82) is 0 Å². The lowest BCUT2D eigenvalue weighted by atomic mass is 9.66. The predicted molar refractivity (Wildman–Crippen MR) is 95.6 cm³/mol. The first-order valence-electron chi connectivity index (χ1n) is 8.60. The van der Waals surface area contributed by atoms with Gasteiger partial charge in [-0.2, -0.15) is 0 Å². The normalized spacial score (nSPS) is 20.0. The summed E-state index contributed by atoms with van der Waals surface area (Å²) in [5.74, 6) is -0.833. The van der Waals surface area contributed by atoms with Gasteiger partial charge in [-0.3, -0.25) is 0 Å². The summed E-state index contributed by atoms with van der Waals surface area (Å²) in [6.45, 7) is 10.1. The largest absolute Gasteiger partial charge is 0.466 e. The molecule has 2 rings (SSSR count). The van der Waals surface area contributed by atoms with E-state index in [1.165, 1.54) is 18.2 Å². The first kappa shape index (κ1) is 19.7. The van der Waals surface area contributed by atoms with Crippen LogP contribution in [-0.2, 0) is 18.8 Å². The van der Waals surface area contributed by atoms with Crippen LogP contribution in [0.2, 0.25) is 0 Å². The second-order valence-corrected chi connectivity index (χ2v) is 7.17. The molecule has 1 aromatic carbocycles. The van der Waals surface area contributed by atoms with Crippen LogP contribution in [0.15, 0.2) is 36.4 Å². The summed E-state index contributed by atoms with van der Waals surface area (Å²) in [4.78, 5) is 11.5. The average Bonchev–Trinajstić information content (AvgIpc) is 2.73. The Balaban J connectivity index is 2.21. The maximum atomic E-state index is 13.3. The number of ether oxygens (including phenoxy) is 1. The van der Waals surface area contributed by atoms with Crippen LogP contribution in [0.1, 0.15) is 52.4 Å². The van der Waals surface area contributed by atoms with Gasteiger partial charge in [0.05, 0.1) is 17.8 Å². The molecule has 1 fully saturated rings. The number of carbonyl (C=O) groups excluding carboxylic acids is 1. The van der Waals surface area contributed by atoms with Crippen molar-refractivity contribution in [2.75, 3.05) is 6.61 Å². The topological polar surface area (TPSA) is 44.8 Å². The monoisotopic (exact) mass is 348 g/mol. The Bertz CT molecular complexity index is 609. The van der Waals surface area contributed by atoms with E-state index in [4.69, 9.17) is 14.0 Å². The second kappa shape index (κ2) is 7.71.